The number of carbonyl (C=O) groups excluding carboxylic acids is 1. The van der Waals surface area contributed by atoms with E-state index in [1.165, 1.54) is 0 Å². The molecule has 0 unspecified atom stereocenters. The number of piperidine rings is 1. The third-order valence-corrected chi connectivity index (χ3v) is 7.31. The monoisotopic (exact) mass is 566 g/mol. The number of aryl methyl sites for hydroxylation is 1. The molecule has 9 nitrogen and oxygen atoms in total. The molecule has 1 aliphatic heterocycles. The van der Waals surface area contributed by atoms with Gasteiger partial charge in [0.25, 0.3) is 5.56 Å². The highest BCUT2D eigenvalue weighted by molar-refractivity contribution is 6.30. The quantitative estimate of drug-likeness (QED) is 0.221. The van der Waals surface area contributed by atoms with Crippen molar-refractivity contribution in [3.05, 3.63) is 75.2 Å². The van der Waals surface area contributed by atoms with Crippen molar-refractivity contribution in [2.45, 2.75) is 32.2 Å². The van der Waals surface area contributed by atoms with E-state index in [0.29, 0.717) is 28.6 Å². The van der Waals surface area contributed by atoms with Crippen LogP contribution >= 0.6 is 11.6 Å². The number of alkyl halides is 1. The van der Waals surface area contributed by atoms with Crippen LogP contribution in [-0.2, 0) is 11.2 Å². The van der Waals surface area contributed by atoms with E-state index in [1.807, 2.05) is 43.3 Å². The van der Waals surface area contributed by atoms with Gasteiger partial charge in [0.2, 0.25) is 0 Å². The minimum atomic E-state index is -0.691. The third-order valence-electron chi connectivity index (χ3n) is 7.07. The number of aromatic nitrogens is 3. The number of nitrogens with zero attached hydrogens (tertiary/aromatic N) is 2. The fraction of sp³-hybridized carbons (Fsp3) is 0.345. The number of hydrogen-bond acceptors (Lipinski definition) is 6. The molecular formula is C29H32ClFN6O3. The number of ether oxygens (including phenoxy) is 1. The number of carbonyl (C=O) groups is 1. The van der Waals surface area contributed by atoms with Crippen LogP contribution in [0.15, 0.2) is 53.5 Å². The fourth-order valence-corrected chi connectivity index (χ4v) is 5.30. The highest BCUT2D eigenvalue weighted by Gasteiger charge is 2.23. The minimum absolute atomic E-state index is 0.0125. The Labute approximate surface area is 236 Å². The molecule has 11 heteroatoms. The average Bonchev–Trinajstić information content (AvgIpc) is 3.37. The first kappa shape index (κ1) is 27.5. The number of H-pyrrole nitrogens is 2. The van der Waals surface area contributed by atoms with Crippen molar-refractivity contribution in [3.8, 4) is 11.4 Å². The van der Waals surface area contributed by atoms with E-state index in [2.05, 4.69) is 31.6 Å². The van der Waals surface area contributed by atoms with Crippen molar-refractivity contribution in [3.63, 3.8) is 0 Å². The number of hydrogen-bond donors (Lipinski definition) is 4. The molecule has 1 fully saturated rings. The van der Waals surface area contributed by atoms with E-state index in [9.17, 15) is 14.0 Å². The van der Waals surface area contributed by atoms with Gasteiger partial charge in [-0.2, -0.15) is 0 Å². The lowest BCUT2D eigenvalue weighted by molar-refractivity contribution is 0.132. The number of imidazole rings is 1. The number of aromatic amines is 2. The molecule has 0 radical (unpaired) electrons. The standard InChI is InChI=1S/C29H32ClFN6O3/c1-18-15-22(37-12-7-21(8-13-37)34-29(39)40-14-9-31)17-24-26(18)36-27(35-24)25-23(6-11-33-28(25)38)32-10-5-19-3-2-4-20(30)16-19/h2-4,6,11,15-17,21H,5,7-10,12-14H2,1H3,(H,34,39)(H,35,36)(H2,32,33,38). The van der Waals surface area contributed by atoms with Crippen molar-refractivity contribution < 1.29 is 13.9 Å². The van der Waals surface area contributed by atoms with E-state index in [1.54, 1.807) is 6.20 Å². The van der Waals surface area contributed by atoms with Gasteiger partial charge < -0.3 is 30.2 Å². The predicted octanol–water partition coefficient (Wildman–Crippen LogP) is 5.20. The summed E-state index contributed by atoms with van der Waals surface area (Å²) in [5, 5.41) is 6.89. The summed E-state index contributed by atoms with van der Waals surface area (Å²) in [5.74, 6) is 0.497. The smallest absolute Gasteiger partial charge is 0.407 e. The Hall–Kier alpha value is -4.05. The molecule has 1 saturated heterocycles. The number of pyridine rings is 1. The Kier molecular flexibility index (Phi) is 8.54. The summed E-state index contributed by atoms with van der Waals surface area (Å²) in [5.41, 5.74) is 5.71. The van der Waals surface area contributed by atoms with Crippen molar-refractivity contribution in [1.29, 1.82) is 0 Å². The summed E-state index contributed by atoms with van der Waals surface area (Å²) < 4.78 is 17.0. The summed E-state index contributed by atoms with van der Waals surface area (Å²) >= 11 is 6.11. The summed E-state index contributed by atoms with van der Waals surface area (Å²) in [7, 11) is 0. The van der Waals surface area contributed by atoms with E-state index in [0.717, 1.165) is 60.2 Å². The number of alkyl carbamates (subject to hydrolysis) is 1. The van der Waals surface area contributed by atoms with Gasteiger partial charge in [0.05, 0.1) is 16.7 Å². The van der Waals surface area contributed by atoms with Gasteiger partial charge in [-0.3, -0.25) is 4.79 Å². The molecule has 0 saturated carbocycles. The molecule has 4 N–H and O–H groups in total. The van der Waals surface area contributed by atoms with Crippen LogP contribution in [0, 0.1) is 6.92 Å². The van der Waals surface area contributed by atoms with Crippen LogP contribution in [0.25, 0.3) is 22.4 Å². The maximum absolute atomic E-state index is 12.9. The van der Waals surface area contributed by atoms with Crippen molar-refractivity contribution in [2.75, 3.05) is 43.1 Å². The summed E-state index contributed by atoms with van der Waals surface area (Å²) in [6.45, 7) is 3.21. The molecule has 210 valence electrons. The minimum Gasteiger partial charge on any atom is -0.447 e. The molecule has 40 heavy (non-hydrogen) atoms. The molecule has 1 aliphatic rings. The van der Waals surface area contributed by atoms with Gasteiger partial charge in [0.15, 0.2) is 0 Å². The first-order valence-electron chi connectivity index (χ1n) is 13.4. The molecular weight excluding hydrogens is 535 g/mol. The molecule has 2 aromatic heterocycles. The van der Waals surface area contributed by atoms with Gasteiger partial charge >= 0.3 is 6.09 Å². The lowest BCUT2D eigenvalue weighted by Crippen LogP contribution is -2.45. The zero-order valence-electron chi connectivity index (χ0n) is 22.2. The number of halogens is 2. The van der Waals surface area contributed by atoms with Crippen LogP contribution in [-0.4, -0.2) is 60.0 Å². The molecule has 0 spiro atoms. The molecule has 2 aromatic carbocycles. The van der Waals surface area contributed by atoms with Crippen LogP contribution in [0.5, 0.6) is 0 Å². The van der Waals surface area contributed by atoms with Crippen LogP contribution in [0.2, 0.25) is 5.02 Å². The number of fused-ring (bicyclic) bond motifs is 1. The van der Waals surface area contributed by atoms with Crippen molar-refractivity contribution in [2.24, 2.45) is 0 Å². The summed E-state index contributed by atoms with van der Waals surface area (Å²) in [4.78, 5) is 37.9. The highest BCUT2D eigenvalue weighted by Crippen LogP contribution is 2.30. The van der Waals surface area contributed by atoms with Crippen LogP contribution in [0.4, 0.5) is 20.6 Å². The van der Waals surface area contributed by atoms with Gasteiger partial charge in [0, 0.05) is 42.6 Å². The van der Waals surface area contributed by atoms with E-state index >= 15 is 0 Å². The Morgan fingerprint density at radius 2 is 2.05 bits per heavy atom. The van der Waals surface area contributed by atoms with Gasteiger partial charge in [-0.1, -0.05) is 23.7 Å². The van der Waals surface area contributed by atoms with E-state index in [4.69, 9.17) is 21.3 Å². The zero-order valence-corrected chi connectivity index (χ0v) is 23.0. The Morgan fingerprint density at radius 1 is 1.23 bits per heavy atom. The molecule has 0 atom stereocenters. The highest BCUT2D eigenvalue weighted by atomic mass is 35.5. The third kappa shape index (κ3) is 6.39. The maximum Gasteiger partial charge on any atom is 0.407 e. The van der Waals surface area contributed by atoms with Crippen molar-refractivity contribution >= 4 is 40.1 Å². The maximum atomic E-state index is 12.9. The molecule has 1 amide bonds. The van der Waals surface area contributed by atoms with Crippen molar-refractivity contribution in [1.82, 2.24) is 20.3 Å². The van der Waals surface area contributed by atoms with Gasteiger partial charge in [-0.25, -0.2) is 14.2 Å². The van der Waals surface area contributed by atoms with Gasteiger partial charge in [-0.15, -0.1) is 0 Å². The lowest BCUT2D eigenvalue weighted by atomic mass is 10.0. The second kappa shape index (κ2) is 12.4. The zero-order chi connectivity index (χ0) is 28.1. The summed E-state index contributed by atoms with van der Waals surface area (Å²) in [6, 6.07) is 13.7. The molecule has 5 rings (SSSR count). The Morgan fingerprint density at radius 3 is 2.83 bits per heavy atom. The topological polar surface area (TPSA) is 115 Å². The largest absolute Gasteiger partial charge is 0.447 e. The Bertz CT molecular complexity index is 1550. The molecule has 4 aromatic rings. The van der Waals surface area contributed by atoms with E-state index in [-0.39, 0.29) is 18.2 Å². The molecule has 0 bridgehead atoms. The fourth-order valence-electron chi connectivity index (χ4n) is 5.09. The van der Waals surface area contributed by atoms with Crippen LogP contribution in [0.3, 0.4) is 0 Å². The number of rotatable bonds is 9. The van der Waals surface area contributed by atoms with Crippen LogP contribution in [0.1, 0.15) is 24.0 Å². The average molecular weight is 567 g/mol. The Balaban J connectivity index is 1.31. The summed E-state index contributed by atoms with van der Waals surface area (Å²) in [6.07, 6.45) is 3.30. The second-order valence-electron chi connectivity index (χ2n) is 9.88. The first-order chi connectivity index (χ1) is 19.4. The second-order valence-corrected chi connectivity index (χ2v) is 10.3. The van der Waals surface area contributed by atoms with E-state index < -0.39 is 12.8 Å². The number of anilines is 2. The first-order valence-corrected chi connectivity index (χ1v) is 13.7. The number of benzene rings is 2. The number of nitrogens with one attached hydrogen (secondary N) is 4. The predicted molar refractivity (Wildman–Crippen MR) is 156 cm³/mol. The van der Waals surface area contributed by atoms with Gasteiger partial charge in [0.1, 0.15) is 24.7 Å². The SMILES string of the molecule is Cc1cc(N2CCC(NC(=O)OCCF)CC2)cc2[nH]c(-c3c(NCCc4cccc(Cl)c4)cc[nH]c3=O)nc12. The molecule has 3 heterocycles. The van der Waals surface area contributed by atoms with Crippen LogP contribution < -0.4 is 21.1 Å². The van der Waals surface area contributed by atoms with Gasteiger partial charge in [-0.05, 0) is 67.6 Å². The number of amides is 1. The molecule has 0 aliphatic carbocycles. The lowest BCUT2D eigenvalue weighted by Gasteiger charge is -2.34. The normalized spacial score (nSPS) is 13.9.